The van der Waals surface area contributed by atoms with Crippen LogP contribution in [-0.2, 0) is 0 Å². The maximum absolute atomic E-state index is 13.3. The third-order valence-corrected chi connectivity index (χ3v) is 3.39. The van der Waals surface area contributed by atoms with E-state index in [1.54, 1.807) is 0 Å². The molecular weight excluding hydrogens is 340 g/mol. The lowest BCUT2D eigenvalue weighted by Crippen LogP contribution is -2.27. The Morgan fingerprint density at radius 1 is 1.00 bits per heavy atom. The predicted octanol–water partition coefficient (Wildman–Crippen LogP) is 3.10. The summed E-state index contributed by atoms with van der Waals surface area (Å²) in [5, 5.41) is 3.88. The molecule has 1 heterocycles. The molecule has 0 N–H and O–H groups in total. The summed E-state index contributed by atoms with van der Waals surface area (Å²) < 4.78 is 53.9. The van der Waals surface area contributed by atoms with Crippen LogP contribution in [0.15, 0.2) is 42.7 Å². The molecule has 1 amide bonds. The van der Waals surface area contributed by atoms with Crippen molar-refractivity contribution < 1.29 is 22.4 Å². The van der Waals surface area contributed by atoms with E-state index in [-0.39, 0.29) is 17.2 Å². The van der Waals surface area contributed by atoms with Crippen molar-refractivity contribution >= 4 is 11.6 Å². The Balaban J connectivity index is 1.88. The number of benzene rings is 2. The van der Waals surface area contributed by atoms with Crippen molar-refractivity contribution in [2.75, 3.05) is 11.9 Å². The van der Waals surface area contributed by atoms with Crippen LogP contribution in [0.4, 0.5) is 23.2 Å². The SMILES string of the molecule is CN(C(=O)c1ncn(-c2ccc(F)c(F)c2)n1)c1cc(F)cc(F)c1. The molecule has 0 radical (unpaired) electrons. The fourth-order valence-electron chi connectivity index (χ4n) is 2.11. The first kappa shape index (κ1) is 16.6. The van der Waals surface area contributed by atoms with E-state index in [4.69, 9.17) is 0 Å². The van der Waals surface area contributed by atoms with Crippen LogP contribution < -0.4 is 4.90 Å². The van der Waals surface area contributed by atoms with E-state index < -0.39 is 29.2 Å². The van der Waals surface area contributed by atoms with Gasteiger partial charge in [0, 0.05) is 24.9 Å². The molecule has 0 aliphatic heterocycles. The molecule has 5 nitrogen and oxygen atoms in total. The lowest BCUT2D eigenvalue weighted by atomic mass is 10.2. The number of carbonyl (C=O) groups excluding carboxylic acids is 1. The van der Waals surface area contributed by atoms with Gasteiger partial charge in [0.1, 0.15) is 18.0 Å². The molecule has 0 spiro atoms. The van der Waals surface area contributed by atoms with Gasteiger partial charge in [-0.05, 0) is 24.3 Å². The fourth-order valence-corrected chi connectivity index (χ4v) is 2.11. The molecule has 2 aromatic carbocycles. The van der Waals surface area contributed by atoms with Gasteiger partial charge in [0.2, 0.25) is 5.82 Å². The summed E-state index contributed by atoms with van der Waals surface area (Å²) in [5.74, 6) is -4.78. The largest absolute Gasteiger partial charge is 0.308 e. The van der Waals surface area contributed by atoms with E-state index in [0.29, 0.717) is 6.07 Å². The molecule has 128 valence electrons. The van der Waals surface area contributed by atoms with Gasteiger partial charge in [-0.25, -0.2) is 27.2 Å². The zero-order valence-electron chi connectivity index (χ0n) is 12.8. The van der Waals surface area contributed by atoms with Gasteiger partial charge >= 0.3 is 0 Å². The van der Waals surface area contributed by atoms with Gasteiger partial charge in [-0.2, -0.15) is 0 Å². The highest BCUT2D eigenvalue weighted by Gasteiger charge is 2.19. The average molecular weight is 350 g/mol. The zero-order chi connectivity index (χ0) is 18.1. The summed E-state index contributed by atoms with van der Waals surface area (Å²) in [6.45, 7) is 0. The number of halogens is 4. The highest BCUT2D eigenvalue weighted by molar-refractivity contribution is 6.03. The molecule has 1 aromatic heterocycles. The van der Waals surface area contributed by atoms with Crippen molar-refractivity contribution in [1.82, 2.24) is 14.8 Å². The Morgan fingerprint density at radius 3 is 2.32 bits per heavy atom. The summed E-state index contributed by atoms with van der Waals surface area (Å²) in [4.78, 5) is 17.1. The first-order chi connectivity index (χ1) is 11.8. The van der Waals surface area contributed by atoms with Crippen LogP contribution >= 0.6 is 0 Å². The second kappa shape index (κ2) is 6.34. The van der Waals surface area contributed by atoms with E-state index in [2.05, 4.69) is 10.1 Å². The molecule has 0 aliphatic rings. The number of amides is 1. The van der Waals surface area contributed by atoms with Gasteiger partial charge in [0.05, 0.1) is 5.69 Å². The smallest absolute Gasteiger partial charge is 0.297 e. The van der Waals surface area contributed by atoms with E-state index >= 15 is 0 Å². The van der Waals surface area contributed by atoms with Crippen molar-refractivity contribution in [2.24, 2.45) is 0 Å². The standard InChI is InChI=1S/C16H10F4N4O/c1-23(12-5-9(17)4-10(18)6-12)16(25)15-21-8-24(22-15)11-2-3-13(19)14(20)7-11/h2-8H,1H3. The molecule has 0 saturated heterocycles. The van der Waals surface area contributed by atoms with Gasteiger partial charge < -0.3 is 4.90 Å². The molecule has 3 rings (SSSR count). The third-order valence-electron chi connectivity index (χ3n) is 3.39. The number of aromatic nitrogens is 3. The third kappa shape index (κ3) is 3.35. The van der Waals surface area contributed by atoms with Gasteiger partial charge in [-0.1, -0.05) is 0 Å². The summed E-state index contributed by atoms with van der Waals surface area (Å²) >= 11 is 0. The number of carbonyl (C=O) groups is 1. The molecule has 0 bridgehead atoms. The van der Waals surface area contributed by atoms with Crippen LogP contribution in [0, 0.1) is 23.3 Å². The van der Waals surface area contributed by atoms with Crippen molar-refractivity contribution in [2.45, 2.75) is 0 Å². The number of hydrogen-bond donors (Lipinski definition) is 0. The minimum absolute atomic E-state index is 0.0216. The number of anilines is 1. The molecule has 25 heavy (non-hydrogen) atoms. The van der Waals surface area contributed by atoms with Crippen LogP contribution in [0.25, 0.3) is 5.69 Å². The molecule has 0 unspecified atom stereocenters. The molecule has 9 heteroatoms. The summed E-state index contributed by atoms with van der Waals surface area (Å²) in [6.07, 6.45) is 1.14. The maximum atomic E-state index is 13.3. The Bertz CT molecular complexity index is 937. The van der Waals surface area contributed by atoms with E-state index in [0.717, 1.165) is 40.2 Å². The summed E-state index contributed by atoms with van der Waals surface area (Å²) in [7, 11) is 1.30. The van der Waals surface area contributed by atoms with Crippen molar-refractivity contribution in [3.8, 4) is 5.69 Å². The number of hydrogen-bond acceptors (Lipinski definition) is 3. The topological polar surface area (TPSA) is 51.0 Å². The van der Waals surface area contributed by atoms with Gasteiger partial charge in [-0.3, -0.25) is 4.79 Å². The van der Waals surface area contributed by atoms with Crippen LogP contribution in [-0.4, -0.2) is 27.7 Å². The summed E-state index contributed by atoms with van der Waals surface area (Å²) in [6, 6.07) is 5.70. The highest BCUT2D eigenvalue weighted by atomic mass is 19.2. The second-order valence-electron chi connectivity index (χ2n) is 5.10. The molecule has 0 aliphatic carbocycles. The van der Waals surface area contributed by atoms with Crippen LogP contribution in [0.3, 0.4) is 0 Å². The van der Waals surface area contributed by atoms with Gasteiger partial charge in [-0.15, -0.1) is 5.10 Å². The Labute approximate surface area is 139 Å². The van der Waals surface area contributed by atoms with E-state index in [9.17, 15) is 22.4 Å². The van der Waals surface area contributed by atoms with Crippen LogP contribution in [0.2, 0.25) is 0 Å². The molecule has 0 atom stereocenters. The fraction of sp³-hybridized carbons (Fsp3) is 0.0625. The quantitative estimate of drug-likeness (QED) is 0.682. The van der Waals surface area contributed by atoms with Crippen molar-refractivity contribution in [3.63, 3.8) is 0 Å². The average Bonchev–Trinajstić information content (AvgIpc) is 3.05. The number of rotatable bonds is 3. The van der Waals surface area contributed by atoms with Crippen LogP contribution in [0.5, 0.6) is 0 Å². The normalized spacial score (nSPS) is 10.8. The van der Waals surface area contributed by atoms with Gasteiger partial charge in [0.15, 0.2) is 11.6 Å². The maximum Gasteiger partial charge on any atom is 0.297 e. The molecule has 0 fully saturated rings. The first-order valence-corrected chi connectivity index (χ1v) is 6.96. The predicted molar refractivity (Wildman–Crippen MR) is 80.4 cm³/mol. The zero-order valence-corrected chi connectivity index (χ0v) is 12.8. The van der Waals surface area contributed by atoms with Crippen LogP contribution in [0.1, 0.15) is 10.6 Å². The summed E-state index contributed by atoms with van der Waals surface area (Å²) in [5.41, 5.74) is 0.136. The lowest BCUT2D eigenvalue weighted by molar-refractivity contribution is 0.0983. The van der Waals surface area contributed by atoms with E-state index in [1.807, 2.05) is 0 Å². The second-order valence-corrected chi connectivity index (χ2v) is 5.10. The minimum atomic E-state index is -1.08. The van der Waals surface area contributed by atoms with Crippen molar-refractivity contribution in [1.29, 1.82) is 0 Å². The van der Waals surface area contributed by atoms with Crippen molar-refractivity contribution in [3.05, 3.63) is 71.8 Å². The van der Waals surface area contributed by atoms with Gasteiger partial charge in [0.25, 0.3) is 5.91 Å². The Hall–Kier alpha value is -3.23. The minimum Gasteiger partial charge on any atom is -0.308 e. The first-order valence-electron chi connectivity index (χ1n) is 6.96. The molecular formula is C16H10F4N4O. The monoisotopic (exact) mass is 350 g/mol. The van der Waals surface area contributed by atoms with E-state index in [1.165, 1.54) is 13.1 Å². The number of nitrogens with zero attached hydrogens (tertiary/aromatic N) is 4. The lowest BCUT2D eigenvalue weighted by Gasteiger charge is -2.15. The Kier molecular flexibility index (Phi) is 4.22. The molecule has 3 aromatic rings. The Morgan fingerprint density at radius 2 is 1.68 bits per heavy atom. The highest BCUT2D eigenvalue weighted by Crippen LogP contribution is 2.18. The molecule has 0 saturated carbocycles.